The second-order valence-corrected chi connectivity index (χ2v) is 5.40. The van der Waals surface area contributed by atoms with Crippen LogP contribution in [-0.2, 0) is 4.79 Å². The van der Waals surface area contributed by atoms with Gasteiger partial charge in [-0.3, -0.25) is 10.1 Å². The van der Waals surface area contributed by atoms with Crippen molar-refractivity contribution in [2.45, 2.75) is 18.5 Å². The van der Waals surface area contributed by atoms with Gasteiger partial charge in [-0.1, -0.05) is 36.4 Å². The van der Waals surface area contributed by atoms with Gasteiger partial charge < -0.3 is 10.1 Å². The molecule has 2 aliphatic rings. The van der Waals surface area contributed by atoms with Crippen molar-refractivity contribution in [1.82, 2.24) is 5.32 Å². The molecule has 0 radical (unpaired) electrons. The van der Waals surface area contributed by atoms with E-state index in [-0.39, 0.29) is 18.0 Å². The summed E-state index contributed by atoms with van der Waals surface area (Å²) in [7, 11) is 0. The molecule has 2 aliphatic heterocycles. The standard InChI is InChI=1S/C17H16N2O2/c20-17-16(12-6-1-3-7-13(12)19-17)18-14-9-10-21-15-8-4-2-5-11(14)15/h1-8,14,16,18H,9-10H2,(H,19,20). The van der Waals surface area contributed by atoms with E-state index in [0.29, 0.717) is 6.61 Å². The first kappa shape index (κ1) is 12.4. The lowest BCUT2D eigenvalue weighted by atomic mass is 9.98. The second-order valence-electron chi connectivity index (χ2n) is 5.40. The van der Waals surface area contributed by atoms with Gasteiger partial charge in [-0.05, 0) is 12.1 Å². The van der Waals surface area contributed by atoms with Crippen molar-refractivity contribution in [2.75, 3.05) is 11.9 Å². The summed E-state index contributed by atoms with van der Waals surface area (Å²) in [6.45, 7) is 0.671. The molecule has 0 fully saturated rings. The number of nitrogens with one attached hydrogen (secondary N) is 2. The van der Waals surface area contributed by atoms with Crippen LogP contribution in [0.3, 0.4) is 0 Å². The largest absolute Gasteiger partial charge is 0.493 e. The lowest BCUT2D eigenvalue weighted by Crippen LogP contribution is -2.33. The zero-order valence-corrected chi connectivity index (χ0v) is 11.5. The maximum absolute atomic E-state index is 12.2. The minimum atomic E-state index is -0.294. The SMILES string of the molecule is O=C1Nc2ccccc2C1NC1CCOc2ccccc21. The summed E-state index contributed by atoms with van der Waals surface area (Å²) in [6.07, 6.45) is 0.864. The molecule has 0 saturated carbocycles. The summed E-state index contributed by atoms with van der Waals surface area (Å²) >= 11 is 0. The molecule has 4 heteroatoms. The van der Waals surface area contributed by atoms with Crippen LogP contribution in [0.25, 0.3) is 0 Å². The fraction of sp³-hybridized carbons (Fsp3) is 0.235. The van der Waals surface area contributed by atoms with E-state index in [0.717, 1.165) is 29.0 Å². The zero-order chi connectivity index (χ0) is 14.2. The molecule has 1 amide bonds. The summed E-state index contributed by atoms with van der Waals surface area (Å²) in [5.74, 6) is 0.924. The molecular formula is C17H16N2O2. The van der Waals surface area contributed by atoms with E-state index in [9.17, 15) is 4.79 Å². The van der Waals surface area contributed by atoms with Crippen LogP contribution < -0.4 is 15.4 Å². The molecule has 2 N–H and O–H groups in total. The average Bonchev–Trinajstić information content (AvgIpc) is 2.84. The van der Waals surface area contributed by atoms with Crippen molar-refractivity contribution < 1.29 is 9.53 Å². The van der Waals surface area contributed by atoms with Crippen molar-refractivity contribution in [1.29, 1.82) is 0 Å². The fourth-order valence-corrected chi connectivity index (χ4v) is 3.09. The summed E-state index contributed by atoms with van der Waals surface area (Å²) in [4.78, 5) is 12.2. The van der Waals surface area contributed by atoms with Gasteiger partial charge in [0.1, 0.15) is 11.8 Å². The van der Waals surface area contributed by atoms with Gasteiger partial charge in [0.25, 0.3) is 0 Å². The quantitative estimate of drug-likeness (QED) is 0.889. The van der Waals surface area contributed by atoms with Crippen molar-refractivity contribution in [2.24, 2.45) is 0 Å². The number of rotatable bonds is 2. The van der Waals surface area contributed by atoms with Gasteiger partial charge in [-0.25, -0.2) is 0 Å². The highest BCUT2D eigenvalue weighted by Crippen LogP contribution is 2.36. The number of anilines is 1. The van der Waals surface area contributed by atoms with Crippen molar-refractivity contribution >= 4 is 11.6 Å². The molecule has 4 nitrogen and oxygen atoms in total. The number of fused-ring (bicyclic) bond motifs is 2. The number of para-hydroxylation sites is 2. The average molecular weight is 280 g/mol. The van der Waals surface area contributed by atoms with Gasteiger partial charge in [-0.2, -0.15) is 0 Å². The Morgan fingerprint density at radius 3 is 2.71 bits per heavy atom. The third kappa shape index (κ3) is 2.08. The predicted octanol–water partition coefficient (Wildman–Crippen LogP) is 2.79. The van der Waals surface area contributed by atoms with Gasteiger partial charge in [0.2, 0.25) is 5.91 Å². The van der Waals surface area contributed by atoms with E-state index >= 15 is 0 Å². The Bertz CT molecular complexity index is 699. The number of benzene rings is 2. The summed E-state index contributed by atoms with van der Waals surface area (Å²) in [6, 6.07) is 15.7. The van der Waals surface area contributed by atoms with Gasteiger partial charge in [0.15, 0.2) is 0 Å². The molecule has 4 rings (SSSR count). The molecule has 2 unspecified atom stereocenters. The lowest BCUT2D eigenvalue weighted by molar-refractivity contribution is -0.117. The molecule has 0 bridgehead atoms. The third-order valence-electron chi connectivity index (χ3n) is 4.12. The normalized spacial score (nSPS) is 23.0. The highest BCUT2D eigenvalue weighted by atomic mass is 16.5. The molecule has 2 aromatic carbocycles. The Morgan fingerprint density at radius 1 is 1.05 bits per heavy atom. The number of ether oxygens (including phenoxy) is 1. The van der Waals surface area contributed by atoms with Gasteiger partial charge in [-0.15, -0.1) is 0 Å². The Morgan fingerprint density at radius 2 is 1.81 bits per heavy atom. The van der Waals surface area contributed by atoms with Crippen LogP contribution in [0.4, 0.5) is 5.69 Å². The first-order valence-electron chi connectivity index (χ1n) is 7.20. The molecule has 0 saturated heterocycles. The van der Waals surface area contributed by atoms with Crippen LogP contribution in [0.1, 0.15) is 29.6 Å². The molecule has 0 spiro atoms. The number of amides is 1. The number of carbonyl (C=O) groups excluding carboxylic acids is 1. The fourth-order valence-electron chi connectivity index (χ4n) is 3.09. The van der Waals surface area contributed by atoms with Crippen molar-refractivity contribution in [3.05, 3.63) is 59.7 Å². The maximum Gasteiger partial charge on any atom is 0.246 e. The van der Waals surface area contributed by atoms with Crippen LogP contribution in [-0.4, -0.2) is 12.5 Å². The van der Waals surface area contributed by atoms with E-state index in [4.69, 9.17) is 4.74 Å². The highest BCUT2D eigenvalue weighted by molar-refractivity contribution is 6.02. The molecule has 2 aromatic rings. The summed E-state index contributed by atoms with van der Waals surface area (Å²) < 4.78 is 5.67. The molecular weight excluding hydrogens is 264 g/mol. The van der Waals surface area contributed by atoms with Crippen molar-refractivity contribution in [3.8, 4) is 5.75 Å². The van der Waals surface area contributed by atoms with Crippen LogP contribution in [0.5, 0.6) is 5.75 Å². The molecule has 106 valence electrons. The molecule has 2 atom stereocenters. The van der Waals surface area contributed by atoms with Gasteiger partial charge >= 0.3 is 0 Å². The van der Waals surface area contributed by atoms with E-state index < -0.39 is 0 Å². The maximum atomic E-state index is 12.2. The smallest absolute Gasteiger partial charge is 0.246 e. The van der Waals surface area contributed by atoms with Crippen LogP contribution in [0.15, 0.2) is 48.5 Å². The van der Waals surface area contributed by atoms with E-state index in [1.54, 1.807) is 0 Å². The zero-order valence-electron chi connectivity index (χ0n) is 11.5. The monoisotopic (exact) mass is 280 g/mol. The number of hydrogen-bond donors (Lipinski definition) is 2. The highest BCUT2D eigenvalue weighted by Gasteiger charge is 2.33. The lowest BCUT2D eigenvalue weighted by Gasteiger charge is -2.28. The Kier molecular flexibility index (Phi) is 2.89. The summed E-state index contributed by atoms with van der Waals surface area (Å²) in [5, 5.41) is 6.42. The van der Waals surface area contributed by atoms with E-state index in [2.05, 4.69) is 16.7 Å². The number of hydrogen-bond acceptors (Lipinski definition) is 3. The minimum absolute atomic E-state index is 0.0140. The van der Waals surface area contributed by atoms with E-state index in [1.807, 2.05) is 42.5 Å². The Hall–Kier alpha value is -2.33. The van der Waals surface area contributed by atoms with Crippen LogP contribution in [0, 0.1) is 0 Å². The second kappa shape index (κ2) is 4.90. The number of carbonyl (C=O) groups is 1. The molecule has 0 aromatic heterocycles. The predicted molar refractivity (Wildman–Crippen MR) is 80.2 cm³/mol. The first-order valence-corrected chi connectivity index (χ1v) is 7.20. The Balaban J connectivity index is 1.64. The van der Waals surface area contributed by atoms with Gasteiger partial charge in [0, 0.05) is 29.3 Å². The third-order valence-corrected chi connectivity index (χ3v) is 4.12. The topological polar surface area (TPSA) is 50.4 Å². The minimum Gasteiger partial charge on any atom is -0.493 e. The van der Waals surface area contributed by atoms with Crippen LogP contribution in [0.2, 0.25) is 0 Å². The Labute approximate surface area is 123 Å². The van der Waals surface area contributed by atoms with Gasteiger partial charge in [0.05, 0.1) is 6.61 Å². The van der Waals surface area contributed by atoms with Crippen molar-refractivity contribution in [3.63, 3.8) is 0 Å². The van der Waals surface area contributed by atoms with Crippen LogP contribution >= 0.6 is 0 Å². The molecule has 2 heterocycles. The molecule has 21 heavy (non-hydrogen) atoms. The summed E-state index contributed by atoms with van der Waals surface area (Å²) in [5.41, 5.74) is 3.05. The van der Waals surface area contributed by atoms with E-state index in [1.165, 1.54) is 0 Å². The first-order chi connectivity index (χ1) is 10.3. The molecule has 0 aliphatic carbocycles.